The lowest BCUT2D eigenvalue weighted by Gasteiger charge is -2.36. The van der Waals surface area contributed by atoms with Gasteiger partial charge < -0.3 is 19.9 Å². The molecule has 0 saturated carbocycles. The van der Waals surface area contributed by atoms with Crippen molar-refractivity contribution >= 4 is 0 Å². The summed E-state index contributed by atoms with van der Waals surface area (Å²) < 4.78 is 5.54. The third-order valence-electron chi connectivity index (χ3n) is 4.33. The van der Waals surface area contributed by atoms with E-state index in [4.69, 9.17) is 4.74 Å². The Morgan fingerprint density at radius 2 is 1.90 bits per heavy atom. The number of ether oxygens (including phenoxy) is 1. The maximum Gasteiger partial charge on any atom is 0.0590 e. The van der Waals surface area contributed by atoms with E-state index in [-0.39, 0.29) is 0 Å². The Bertz CT molecular complexity index is 218. The first-order valence-electron chi connectivity index (χ1n) is 8.49. The molecule has 0 amide bonds. The monoisotopic (exact) mass is 285 g/mol. The Kier molecular flexibility index (Phi) is 10.3. The summed E-state index contributed by atoms with van der Waals surface area (Å²) in [4.78, 5) is 5.08. The number of likely N-dealkylation sites (N-methyl/N-ethyl adjacent to an activating group) is 1. The smallest absolute Gasteiger partial charge is 0.0590 e. The average Bonchev–Trinajstić information content (AvgIpc) is 2.50. The molecule has 4 nitrogen and oxygen atoms in total. The topological polar surface area (TPSA) is 27.7 Å². The molecule has 1 aliphatic rings. The molecule has 0 atom stereocenters. The van der Waals surface area contributed by atoms with E-state index in [1.54, 1.807) is 0 Å². The van der Waals surface area contributed by atoms with E-state index in [9.17, 15) is 0 Å². The third kappa shape index (κ3) is 7.58. The Hall–Kier alpha value is -0.160. The summed E-state index contributed by atoms with van der Waals surface area (Å²) >= 11 is 0. The molecule has 1 fully saturated rings. The number of nitrogens with one attached hydrogen (secondary N) is 1. The highest BCUT2D eigenvalue weighted by Crippen LogP contribution is 2.14. The predicted octanol–water partition coefficient (Wildman–Crippen LogP) is 1.81. The Morgan fingerprint density at radius 3 is 2.55 bits per heavy atom. The zero-order valence-electron chi connectivity index (χ0n) is 13.9. The van der Waals surface area contributed by atoms with Crippen LogP contribution < -0.4 is 5.32 Å². The van der Waals surface area contributed by atoms with Crippen LogP contribution in [0.25, 0.3) is 0 Å². The first kappa shape index (κ1) is 17.9. The third-order valence-corrected chi connectivity index (χ3v) is 4.33. The van der Waals surface area contributed by atoms with Crippen LogP contribution in [0.3, 0.4) is 0 Å². The van der Waals surface area contributed by atoms with Crippen LogP contribution in [-0.4, -0.2) is 75.4 Å². The molecule has 0 radical (unpaired) electrons. The number of rotatable bonds is 11. The number of unbranched alkanes of at least 4 members (excludes halogenated alkanes) is 1. The molecule has 0 aromatic heterocycles. The second kappa shape index (κ2) is 11.5. The molecule has 0 bridgehead atoms. The van der Waals surface area contributed by atoms with Gasteiger partial charge in [-0.3, -0.25) is 0 Å². The summed E-state index contributed by atoms with van der Waals surface area (Å²) in [6, 6.07) is 0.778. The number of likely N-dealkylation sites (tertiary alicyclic amines) is 1. The summed E-state index contributed by atoms with van der Waals surface area (Å²) in [5.74, 6) is 0. The van der Waals surface area contributed by atoms with Gasteiger partial charge in [0.25, 0.3) is 0 Å². The Labute approximate surface area is 125 Å². The van der Waals surface area contributed by atoms with Gasteiger partial charge in [0.2, 0.25) is 0 Å². The second-order valence-corrected chi connectivity index (χ2v) is 5.86. The van der Waals surface area contributed by atoms with Gasteiger partial charge in [-0.15, -0.1) is 0 Å². The van der Waals surface area contributed by atoms with Crippen molar-refractivity contribution < 1.29 is 4.74 Å². The number of hydrogen-bond acceptors (Lipinski definition) is 4. The molecule has 1 heterocycles. The lowest BCUT2D eigenvalue weighted by Crippen LogP contribution is -2.45. The van der Waals surface area contributed by atoms with E-state index in [1.165, 1.54) is 45.3 Å². The molecule has 1 saturated heterocycles. The van der Waals surface area contributed by atoms with Gasteiger partial charge >= 0.3 is 0 Å². The molecule has 0 unspecified atom stereocenters. The van der Waals surface area contributed by atoms with E-state index in [0.717, 1.165) is 38.9 Å². The van der Waals surface area contributed by atoms with Crippen molar-refractivity contribution in [2.45, 2.75) is 45.6 Å². The van der Waals surface area contributed by atoms with Gasteiger partial charge in [-0.1, -0.05) is 20.3 Å². The highest BCUT2D eigenvalue weighted by Gasteiger charge is 2.20. The molecule has 1 rings (SSSR count). The minimum absolute atomic E-state index is 0.778. The molecular formula is C16H35N3O. The number of piperidine rings is 1. The van der Waals surface area contributed by atoms with Gasteiger partial charge in [-0.05, 0) is 45.9 Å². The summed E-state index contributed by atoms with van der Waals surface area (Å²) in [5.41, 5.74) is 0. The van der Waals surface area contributed by atoms with E-state index >= 15 is 0 Å². The van der Waals surface area contributed by atoms with Crippen LogP contribution in [0.5, 0.6) is 0 Å². The summed E-state index contributed by atoms with van der Waals surface area (Å²) in [5, 5.41) is 3.48. The van der Waals surface area contributed by atoms with Gasteiger partial charge in [-0.25, -0.2) is 0 Å². The van der Waals surface area contributed by atoms with Crippen molar-refractivity contribution in [3.05, 3.63) is 0 Å². The van der Waals surface area contributed by atoms with Crippen molar-refractivity contribution in [3.8, 4) is 0 Å². The van der Waals surface area contributed by atoms with Crippen LogP contribution in [0.4, 0.5) is 0 Å². The zero-order chi connectivity index (χ0) is 14.6. The number of hydrogen-bond donors (Lipinski definition) is 1. The lowest BCUT2D eigenvalue weighted by molar-refractivity contribution is 0.124. The maximum absolute atomic E-state index is 5.54. The van der Waals surface area contributed by atoms with E-state index in [1.807, 2.05) is 0 Å². The van der Waals surface area contributed by atoms with Crippen LogP contribution in [0.15, 0.2) is 0 Å². The fraction of sp³-hybridized carbons (Fsp3) is 1.00. The van der Waals surface area contributed by atoms with Crippen LogP contribution in [0.2, 0.25) is 0 Å². The molecular weight excluding hydrogens is 250 g/mol. The molecule has 120 valence electrons. The highest BCUT2D eigenvalue weighted by atomic mass is 16.5. The first-order valence-corrected chi connectivity index (χ1v) is 8.49. The van der Waals surface area contributed by atoms with Gasteiger partial charge in [0.05, 0.1) is 6.61 Å². The normalized spacial score (nSPS) is 18.0. The van der Waals surface area contributed by atoms with Crippen LogP contribution in [-0.2, 0) is 4.74 Å². The minimum Gasteiger partial charge on any atom is -0.380 e. The van der Waals surface area contributed by atoms with Gasteiger partial charge in [0.1, 0.15) is 0 Å². The summed E-state index contributed by atoms with van der Waals surface area (Å²) in [7, 11) is 2.27. The fourth-order valence-corrected chi connectivity index (χ4v) is 2.73. The molecule has 4 heteroatoms. The molecule has 1 N–H and O–H groups in total. The quantitative estimate of drug-likeness (QED) is 0.586. The van der Waals surface area contributed by atoms with Crippen LogP contribution in [0.1, 0.15) is 39.5 Å². The van der Waals surface area contributed by atoms with Gasteiger partial charge in [0, 0.05) is 32.3 Å². The van der Waals surface area contributed by atoms with Crippen molar-refractivity contribution in [3.63, 3.8) is 0 Å². The average molecular weight is 285 g/mol. The SMILES string of the molecule is CCCCOCCNCCN(C)C1CCN(CC)CC1. The molecule has 20 heavy (non-hydrogen) atoms. The minimum atomic E-state index is 0.778. The largest absolute Gasteiger partial charge is 0.380 e. The molecule has 0 aliphatic carbocycles. The standard InChI is InChI=1S/C16H35N3O/c1-4-6-14-20-15-10-17-9-13-18(3)16-7-11-19(5-2)12-8-16/h16-17H,4-15H2,1-3H3. The first-order chi connectivity index (χ1) is 9.77. The number of nitrogens with zero attached hydrogens (tertiary/aromatic N) is 2. The summed E-state index contributed by atoms with van der Waals surface area (Å²) in [6.45, 7) is 13.1. The lowest BCUT2D eigenvalue weighted by atomic mass is 10.0. The molecule has 0 aromatic carbocycles. The zero-order valence-corrected chi connectivity index (χ0v) is 13.9. The summed E-state index contributed by atoms with van der Waals surface area (Å²) in [6.07, 6.45) is 5.04. The predicted molar refractivity (Wildman–Crippen MR) is 86.4 cm³/mol. The van der Waals surface area contributed by atoms with Crippen LogP contribution in [0, 0.1) is 0 Å². The molecule has 0 spiro atoms. The van der Waals surface area contributed by atoms with Crippen LogP contribution >= 0.6 is 0 Å². The molecule has 0 aromatic rings. The van der Waals surface area contributed by atoms with Crippen molar-refractivity contribution in [2.24, 2.45) is 0 Å². The highest BCUT2D eigenvalue weighted by molar-refractivity contribution is 4.77. The van der Waals surface area contributed by atoms with Crippen molar-refractivity contribution in [1.82, 2.24) is 15.1 Å². The molecule has 1 aliphatic heterocycles. The van der Waals surface area contributed by atoms with E-state index in [0.29, 0.717) is 0 Å². The second-order valence-electron chi connectivity index (χ2n) is 5.86. The van der Waals surface area contributed by atoms with Crippen molar-refractivity contribution in [2.75, 3.05) is 59.5 Å². The van der Waals surface area contributed by atoms with Crippen molar-refractivity contribution in [1.29, 1.82) is 0 Å². The van der Waals surface area contributed by atoms with Gasteiger partial charge in [0.15, 0.2) is 0 Å². The fourth-order valence-electron chi connectivity index (χ4n) is 2.73. The maximum atomic E-state index is 5.54. The Balaban J connectivity index is 1.94. The van der Waals surface area contributed by atoms with Gasteiger partial charge in [-0.2, -0.15) is 0 Å². The Morgan fingerprint density at radius 1 is 1.15 bits per heavy atom. The van der Waals surface area contributed by atoms with E-state index in [2.05, 4.69) is 36.0 Å². The van der Waals surface area contributed by atoms with E-state index < -0.39 is 0 Å².